The molecule has 4 rings (SSSR count). The van der Waals surface area contributed by atoms with Crippen molar-refractivity contribution in [1.82, 2.24) is 19.5 Å². The predicted molar refractivity (Wildman–Crippen MR) is 85.1 cm³/mol. The summed E-state index contributed by atoms with van der Waals surface area (Å²) in [6, 6.07) is 3.98. The minimum atomic E-state index is -0.490. The number of halogens is 1. The molecule has 1 N–H and O–H groups in total. The third kappa shape index (κ3) is 2.23. The molecule has 3 aromatic heterocycles. The van der Waals surface area contributed by atoms with E-state index in [0.29, 0.717) is 33.0 Å². The van der Waals surface area contributed by atoms with Crippen LogP contribution in [-0.4, -0.2) is 31.2 Å². The monoisotopic (exact) mass is 343 g/mol. The normalized spacial score (nSPS) is 13.0. The molecule has 0 saturated heterocycles. The molecule has 1 aromatic carbocycles. The zero-order valence-electron chi connectivity index (χ0n) is 13.5. The van der Waals surface area contributed by atoms with Gasteiger partial charge in [-0.2, -0.15) is 9.71 Å². The van der Waals surface area contributed by atoms with Crippen molar-refractivity contribution in [2.75, 3.05) is 6.61 Å². The van der Waals surface area contributed by atoms with Crippen LogP contribution in [0.1, 0.15) is 24.4 Å². The van der Waals surface area contributed by atoms with Crippen LogP contribution in [0.2, 0.25) is 0 Å². The Labute approximate surface area is 140 Å². The highest BCUT2D eigenvalue weighted by molar-refractivity contribution is 5.82. The van der Waals surface area contributed by atoms with Crippen molar-refractivity contribution in [3.8, 4) is 11.6 Å². The Morgan fingerprint density at radius 1 is 1.44 bits per heavy atom. The molecule has 25 heavy (non-hydrogen) atoms. The number of aromatic nitrogens is 5. The third-order valence-corrected chi connectivity index (χ3v) is 4.19. The second kappa shape index (κ2) is 5.49. The molecule has 0 aliphatic carbocycles. The third-order valence-electron chi connectivity index (χ3n) is 4.19. The van der Waals surface area contributed by atoms with Crippen molar-refractivity contribution < 1.29 is 18.8 Å². The van der Waals surface area contributed by atoms with Crippen molar-refractivity contribution in [3.05, 3.63) is 47.1 Å². The molecule has 9 heteroatoms. The second-order valence-corrected chi connectivity index (χ2v) is 5.87. The summed E-state index contributed by atoms with van der Waals surface area (Å²) in [7, 11) is 0. The maximum Gasteiger partial charge on any atom is 0.279 e. The van der Waals surface area contributed by atoms with E-state index in [4.69, 9.17) is 4.52 Å². The number of nitrogens with zero attached hydrogens (tertiary/aromatic N) is 5. The molecule has 1 unspecified atom stereocenters. The predicted octanol–water partition coefficient (Wildman–Crippen LogP) is 1.71. The van der Waals surface area contributed by atoms with Crippen molar-refractivity contribution >= 4 is 16.6 Å². The zero-order chi connectivity index (χ0) is 17.7. The maximum absolute atomic E-state index is 13.5. The van der Waals surface area contributed by atoms with Gasteiger partial charge in [0.05, 0.1) is 6.61 Å². The molecular formula is C16H14FN5O3. The molecule has 4 aromatic rings. The van der Waals surface area contributed by atoms with Crippen molar-refractivity contribution in [2.45, 2.75) is 19.8 Å². The highest BCUT2D eigenvalue weighted by atomic mass is 19.1. The SMILES string of the molecule is Cc1c2c(-c3nc(C(C)CO)no3)ncn2c2ccc(F)cc2[n+]1[O-]. The van der Waals surface area contributed by atoms with Crippen LogP contribution in [0.15, 0.2) is 29.0 Å². The van der Waals surface area contributed by atoms with Crippen LogP contribution in [0.3, 0.4) is 0 Å². The topological polar surface area (TPSA) is 103 Å². The second-order valence-electron chi connectivity index (χ2n) is 5.87. The van der Waals surface area contributed by atoms with Gasteiger partial charge in [0, 0.05) is 18.9 Å². The van der Waals surface area contributed by atoms with Gasteiger partial charge in [-0.1, -0.05) is 12.1 Å². The van der Waals surface area contributed by atoms with Crippen LogP contribution in [0.5, 0.6) is 0 Å². The number of aliphatic hydroxyl groups is 1. The summed E-state index contributed by atoms with van der Waals surface area (Å²) in [5.41, 5.74) is 1.91. The summed E-state index contributed by atoms with van der Waals surface area (Å²) in [6.07, 6.45) is 1.53. The highest BCUT2D eigenvalue weighted by Gasteiger charge is 2.24. The number of benzene rings is 1. The molecule has 0 spiro atoms. The fraction of sp³-hybridized carbons (Fsp3) is 0.250. The average molecular weight is 343 g/mol. The first-order chi connectivity index (χ1) is 12.0. The fourth-order valence-corrected chi connectivity index (χ4v) is 2.79. The van der Waals surface area contributed by atoms with Gasteiger partial charge in [0.25, 0.3) is 5.89 Å². The first kappa shape index (κ1) is 15.5. The van der Waals surface area contributed by atoms with Crippen LogP contribution in [0.4, 0.5) is 4.39 Å². The summed E-state index contributed by atoms with van der Waals surface area (Å²) in [4.78, 5) is 8.55. The Bertz CT molecular complexity index is 1100. The number of hydrogen-bond donors (Lipinski definition) is 1. The van der Waals surface area contributed by atoms with Crippen LogP contribution >= 0.6 is 0 Å². The van der Waals surface area contributed by atoms with Crippen LogP contribution < -0.4 is 4.73 Å². The number of aliphatic hydroxyl groups excluding tert-OH is 1. The Hall–Kier alpha value is -3.07. The Morgan fingerprint density at radius 2 is 2.24 bits per heavy atom. The summed E-state index contributed by atoms with van der Waals surface area (Å²) in [5.74, 6) is -0.257. The Kier molecular flexibility index (Phi) is 3.39. The number of aryl methyl sites for hydroxylation is 1. The summed E-state index contributed by atoms with van der Waals surface area (Å²) < 4.78 is 21.1. The van der Waals surface area contributed by atoms with Crippen LogP contribution in [0.25, 0.3) is 28.1 Å². The molecule has 1 atom stereocenters. The number of fused-ring (bicyclic) bond motifs is 3. The number of imidazole rings is 1. The van der Waals surface area contributed by atoms with Crippen molar-refractivity contribution in [2.24, 2.45) is 0 Å². The molecule has 0 fully saturated rings. The minimum absolute atomic E-state index is 0.112. The molecule has 8 nitrogen and oxygen atoms in total. The maximum atomic E-state index is 13.5. The quantitative estimate of drug-likeness (QED) is 0.449. The number of hydrogen-bond acceptors (Lipinski definition) is 6. The van der Waals surface area contributed by atoms with E-state index in [1.54, 1.807) is 18.2 Å². The standard InChI is InChI=1S/C16H14FN5O3/c1-8(6-23)15-19-16(25-20-15)13-14-9(2)22(24)12-5-10(17)3-4-11(12)21(14)7-18-13/h3-5,7-8,23H,6H2,1-2H3. The summed E-state index contributed by atoms with van der Waals surface area (Å²) >= 11 is 0. The van der Waals surface area contributed by atoms with E-state index < -0.39 is 5.82 Å². The van der Waals surface area contributed by atoms with Gasteiger partial charge in [-0.25, -0.2) is 9.37 Å². The minimum Gasteiger partial charge on any atom is -0.618 e. The van der Waals surface area contributed by atoms with Crippen LogP contribution in [-0.2, 0) is 0 Å². The first-order valence-corrected chi connectivity index (χ1v) is 7.64. The smallest absolute Gasteiger partial charge is 0.279 e. The highest BCUT2D eigenvalue weighted by Crippen LogP contribution is 2.27. The van der Waals surface area contributed by atoms with Crippen LogP contribution in [0, 0.1) is 17.9 Å². The van der Waals surface area contributed by atoms with Gasteiger partial charge in [-0.05, 0) is 12.1 Å². The van der Waals surface area contributed by atoms with Gasteiger partial charge in [0.2, 0.25) is 11.2 Å². The molecular weight excluding hydrogens is 329 g/mol. The van der Waals surface area contributed by atoms with E-state index in [1.165, 1.54) is 24.5 Å². The lowest BCUT2D eigenvalue weighted by atomic mass is 10.2. The molecule has 128 valence electrons. The molecule has 0 radical (unpaired) electrons. The van der Waals surface area contributed by atoms with E-state index in [0.717, 1.165) is 0 Å². The Morgan fingerprint density at radius 3 is 3.00 bits per heavy atom. The molecule has 0 bridgehead atoms. The van der Waals surface area contributed by atoms with E-state index >= 15 is 0 Å². The molecule has 0 aliphatic rings. The van der Waals surface area contributed by atoms with Gasteiger partial charge in [-0.3, -0.25) is 4.40 Å². The molecule has 0 aliphatic heterocycles. The lowest BCUT2D eigenvalue weighted by Gasteiger charge is -2.08. The van der Waals surface area contributed by atoms with Gasteiger partial charge in [0.1, 0.15) is 23.2 Å². The van der Waals surface area contributed by atoms with E-state index in [-0.39, 0.29) is 23.9 Å². The van der Waals surface area contributed by atoms with Gasteiger partial charge < -0.3 is 14.8 Å². The lowest BCUT2D eigenvalue weighted by Crippen LogP contribution is -2.32. The molecule has 0 amide bonds. The summed E-state index contributed by atoms with van der Waals surface area (Å²) in [6.45, 7) is 3.27. The van der Waals surface area contributed by atoms with E-state index in [1.807, 2.05) is 0 Å². The van der Waals surface area contributed by atoms with Gasteiger partial charge in [-0.15, -0.1) is 0 Å². The Balaban J connectivity index is 1.99. The fourth-order valence-electron chi connectivity index (χ4n) is 2.79. The molecule has 3 heterocycles. The molecule has 0 saturated carbocycles. The lowest BCUT2D eigenvalue weighted by molar-refractivity contribution is -0.583. The van der Waals surface area contributed by atoms with E-state index in [2.05, 4.69) is 15.1 Å². The van der Waals surface area contributed by atoms with Gasteiger partial charge in [0.15, 0.2) is 11.5 Å². The van der Waals surface area contributed by atoms with Crippen molar-refractivity contribution in [3.63, 3.8) is 0 Å². The van der Waals surface area contributed by atoms with Crippen molar-refractivity contribution in [1.29, 1.82) is 0 Å². The zero-order valence-corrected chi connectivity index (χ0v) is 13.5. The largest absolute Gasteiger partial charge is 0.618 e. The van der Waals surface area contributed by atoms with E-state index in [9.17, 15) is 14.7 Å². The average Bonchev–Trinajstić information content (AvgIpc) is 3.25. The summed E-state index contributed by atoms with van der Waals surface area (Å²) in [5, 5.41) is 25.6. The number of rotatable bonds is 3. The van der Waals surface area contributed by atoms with Gasteiger partial charge >= 0.3 is 0 Å². The first-order valence-electron chi connectivity index (χ1n) is 7.64.